The van der Waals surface area contributed by atoms with Gasteiger partial charge in [0.2, 0.25) is 0 Å². The van der Waals surface area contributed by atoms with Gasteiger partial charge >= 0.3 is 0 Å². The lowest BCUT2D eigenvalue weighted by Gasteiger charge is -2.33. The van der Waals surface area contributed by atoms with E-state index < -0.39 is 0 Å². The molecule has 1 saturated carbocycles. The number of nitrogens with zero attached hydrogens (tertiary/aromatic N) is 3. The second-order valence-electron chi connectivity index (χ2n) is 6.90. The van der Waals surface area contributed by atoms with Crippen LogP contribution in [-0.2, 0) is 12.0 Å². The molecule has 3 aliphatic rings. The molecule has 2 aliphatic heterocycles. The normalized spacial score (nSPS) is 25.3. The van der Waals surface area contributed by atoms with Crippen molar-refractivity contribution < 1.29 is 0 Å². The molecule has 1 aliphatic carbocycles. The first-order chi connectivity index (χ1) is 10.7. The van der Waals surface area contributed by atoms with Gasteiger partial charge in [0.25, 0.3) is 0 Å². The molecule has 114 valence electrons. The van der Waals surface area contributed by atoms with E-state index >= 15 is 0 Å². The van der Waals surface area contributed by atoms with Crippen molar-refractivity contribution in [3.8, 4) is 0 Å². The van der Waals surface area contributed by atoms with E-state index in [1.54, 1.807) is 5.56 Å². The molecule has 0 amide bonds. The summed E-state index contributed by atoms with van der Waals surface area (Å²) >= 11 is 0. The standard InChI is InChI=1S/C19H23N3/c1-3-4-16-7-10-22(14-20-16)17-5-6-18-15(11-17)12-21(2)13-19(18)8-9-19/h3,5-7,10-11,14,16H,1,4,8-9,12-13H2,2H3. The molecule has 0 bridgehead atoms. The topological polar surface area (TPSA) is 18.8 Å². The Hall–Kier alpha value is -1.87. The second kappa shape index (κ2) is 5.10. The molecule has 0 saturated heterocycles. The van der Waals surface area contributed by atoms with E-state index in [9.17, 15) is 0 Å². The third-order valence-electron chi connectivity index (χ3n) is 5.08. The molecule has 1 aromatic rings. The number of hydrogen-bond acceptors (Lipinski definition) is 3. The van der Waals surface area contributed by atoms with Crippen LogP contribution in [0.1, 0.15) is 30.4 Å². The van der Waals surface area contributed by atoms with Crippen molar-refractivity contribution in [3.63, 3.8) is 0 Å². The molecule has 1 atom stereocenters. The number of fused-ring (bicyclic) bond motifs is 2. The largest absolute Gasteiger partial charge is 0.308 e. The van der Waals surface area contributed by atoms with Crippen molar-refractivity contribution in [2.75, 3.05) is 18.5 Å². The van der Waals surface area contributed by atoms with E-state index in [-0.39, 0.29) is 6.04 Å². The van der Waals surface area contributed by atoms with Crippen LogP contribution in [0, 0.1) is 0 Å². The Bertz CT molecular complexity index is 641. The molecular weight excluding hydrogens is 270 g/mol. The van der Waals surface area contributed by atoms with Gasteiger partial charge in [-0.1, -0.05) is 12.1 Å². The van der Waals surface area contributed by atoms with Crippen LogP contribution in [-0.4, -0.2) is 30.9 Å². The predicted octanol–water partition coefficient (Wildman–Crippen LogP) is 3.47. The molecule has 0 N–H and O–H groups in total. The van der Waals surface area contributed by atoms with Crippen molar-refractivity contribution in [2.24, 2.45) is 4.99 Å². The maximum atomic E-state index is 4.58. The highest BCUT2D eigenvalue weighted by Gasteiger charge is 2.48. The molecule has 1 spiro atoms. The van der Waals surface area contributed by atoms with Crippen LogP contribution in [0.4, 0.5) is 5.69 Å². The van der Waals surface area contributed by atoms with E-state index in [4.69, 9.17) is 0 Å². The Morgan fingerprint density at radius 1 is 1.41 bits per heavy atom. The van der Waals surface area contributed by atoms with Gasteiger partial charge in [-0.2, -0.15) is 0 Å². The van der Waals surface area contributed by atoms with Crippen molar-refractivity contribution in [3.05, 3.63) is 54.3 Å². The highest BCUT2D eigenvalue weighted by molar-refractivity contribution is 5.83. The van der Waals surface area contributed by atoms with Crippen LogP contribution in [0.25, 0.3) is 0 Å². The summed E-state index contributed by atoms with van der Waals surface area (Å²) in [4.78, 5) is 9.15. The van der Waals surface area contributed by atoms with Crippen LogP contribution in [0.3, 0.4) is 0 Å². The monoisotopic (exact) mass is 293 g/mol. The fourth-order valence-corrected chi connectivity index (χ4v) is 3.82. The molecule has 1 fully saturated rings. The lowest BCUT2D eigenvalue weighted by Crippen LogP contribution is -2.35. The van der Waals surface area contributed by atoms with E-state index in [0.29, 0.717) is 5.41 Å². The molecular formula is C19H23N3. The number of rotatable bonds is 3. The van der Waals surface area contributed by atoms with Crippen LogP contribution in [0.15, 0.2) is 48.1 Å². The first-order valence-electron chi connectivity index (χ1n) is 8.13. The van der Waals surface area contributed by atoms with Gasteiger partial charge in [0.05, 0.1) is 12.4 Å². The van der Waals surface area contributed by atoms with Crippen molar-refractivity contribution in [1.29, 1.82) is 0 Å². The molecule has 3 heteroatoms. The van der Waals surface area contributed by atoms with Gasteiger partial charge in [0, 0.05) is 30.4 Å². The summed E-state index contributed by atoms with van der Waals surface area (Å²) in [5, 5.41) is 0. The van der Waals surface area contributed by atoms with Crippen LogP contribution >= 0.6 is 0 Å². The van der Waals surface area contributed by atoms with Gasteiger partial charge in [-0.25, -0.2) is 0 Å². The molecule has 0 radical (unpaired) electrons. The van der Waals surface area contributed by atoms with Gasteiger partial charge in [0.1, 0.15) is 0 Å². The van der Waals surface area contributed by atoms with Gasteiger partial charge < -0.3 is 9.80 Å². The maximum Gasteiger partial charge on any atom is 0.0942 e. The SMILES string of the molecule is C=CCC1C=CN(c2ccc3c(c2)CN(C)CC32CC2)C=N1. The number of likely N-dealkylation sites (N-methyl/N-ethyl adjacent to an activating group) is 1. The highest BCUT2D eigenvalue weighted by Crippen LogP contribution is 2.52. The lowest BCUT2D eigenvalue weighted by atomic mass is 9.87. The number of aliphatic imine (C=N–C) groups is 1. The molecule has 1 unspecified atom stereocenters. The zero-order valence-electron chi connectivity index (χ0n) is 13.2. The zero-order chi connectivity index (χ0) is 15.2. The summed E-state index contributed by atoms with van der Waals surface area (Å²) in [6, 6.07) is 7.18. The van der Waals surface area contributed by atoms with Crippen LogP contribution in [0.2, 0.25) is 0 Å². The minimum atomic E-state index is 0.243. The fraction of sp³-hybridized carbons (Fsp3) is 0.421. The van der Waals surface area contributed by atoms with Gasteiger partial charge in [-0.3, -0.25) is 4.99 Å². The van der Waals surface area contributed by atoms with E-state index in [2.05, 4.69) is 58.9 Å². The quantitative estimate of drug-likeness (QED) is 0.795. The van der Waals surface area contributed by atoms with E-state index in [0.717, 1.165) is 13.0 Å². The summed E-state index contributed by atoms with van der Waals surface area (Å²) in [7, 11) is 2.23. The lowest BCUT2D eigenvalue weighted by molar-refractivity contribution is 0.271. The molecule has 1 aromatic carbocycles. The van der Waals surface area contributed by atoms with Crippen molar-refractivity contribution in [1.82, 2.24) is 4.90 Å². The van der Waals surface area contributed by atoms with Gasteiger partial charge in [-0.05, 0) is 55.6 Å². The number of hydrogen-bond donors (Lipinski definition) is 0. The highest BCUT2D eigenvalue weighted by atomic mass is 15.2. The summed E-state index contributed by atoms with van der Waals surface area (Å²) in [6.07, 6.45) is 11.7. The third kappa shape index (κ3) is 2.30. The van der Waals surface area contributed by atoms with E-state index in [1.165, 1.54) is 30.6 Å². The summed E-state index contributed by atoms with van der Waals surface area (Å²) in [5.41, 5.74) is 4.74. The third-order valence-corrected chi connectivity index (χ3v) is 5.08. The first-order valence-corrected chi connectivity index (χ1v) is 8.13. The Labute approximate surface area is 132 Å². The van der Waals surface area contributed by atoms with Gasteiger partial charge in [-0.15, -0.1) is 6.58 Å². The molecule has 3 nitrogen and oxygen atoms in total. The number of anilines is 1. The minimum Gasteiger partial charge on any atom is -0.308 e. The minimum absolute atomic E-state index is 0.243. The average Bonchev–Trinajstić information content (AvgIpc) is 3.27. The summed E-state index contributed by atoms with van der Waals surface area (Å²) in [6.45, 7) is 6.05. The predicted molar refractivity (Wildman–Crippen MR) is 92.4 cm³/mol. The molecule has 22 heavy (non-hydrogen) atoms. The van der Waals surface area contributed by atoms with Crippen molar-refractivity contribution >= 4 is 12.0 Å². The van der Waals surface area contributed by atoms with Crippen LogP contribution in [0.5, 0.6) is 0 Å². The second-order valence-corrected chi connectivity index (χ2v) is 6.90. The Morgan fingerprint density at radius 3 is 2.95 bits per heavy atom. The Morgan fingerprint density at radius 2 is 2.27 bits per heavy atom. The van der Waals surface area contributed by atoms with Gasteiger partial charge in [0.15, 0.2) is 0 Å². The molecule has 2 heterocycles. The smallest absolute Gasteiger partial charge is 0.0942 e. The fourth-order valence-electron chi connectivity index (χ4n) is 3.82. The summed E-state index contributed by atoms with van der Waals surface area (Å²) in [5.74, 6) is 0. The number of benzene rings is 1. The summed E-state index contributed by atoms with van der Waals surface area (Å²) < 4.78 is 0. The average molecular weight is 293 g/mol. The van der Waals surface area contributed by atoms with Crippen LogP contribution < -0.4 is 4.90 Å². The maximum absolute atomic E-state index is 4.58. The van der Waals surface area contributed by atoms with E-state index in [1.807, 2.05) is 12.4 Å². The first kappa shape index (κ1) is 13.8. The molecule has 4 rings (SSSR count). The Balaban J connectivity index is 1.60. The van der Waals surface area contributed by atoms with Crippen molar-refractivity contribution in [2.45, 2.75) is 37.3 Å². The Kier molecular flexibility index (Phi) is 3.19. The zero-order valence-corrected chi connectivity index (χ0v) is 13.2. The molecule has 0 aromatic heterocycles.